The molecular weight excluding hydrogens is 350 g/mol. The number of rotatable bonds is 3. The van der Waals surface area contributed by atoms with Gasteiger partial charge in [-0.15, -0.1) is 11.3 Å². The summed E-state index contributed by atoms with van der Waals surface area (Å²) in [5.74, 6) is 1.54. The summed E-state index contributed by atoms with van der Waals surface area (Å²) in [4.78, 5) is 28.9. The first-order valence-corrected chi connectivity index (χ1v) is 8.80. The first-order chi connectivity index (χ1) is 12.5. The van der Waals surface area contributed by atoms with Crippen molar-refractivity contribution < 1.29 is 4.74 Å². The van der Waals surface area contributed by atoms with Crippen molar-refractivity contribution in [1.29, 1.82) is 0 Å². The summed E-state index contributed by atoms with van der Waals surface area (Å²) in [6.45, 7) is 1.94. The minimum atomic E-state index is -0.118. The van der Waals surface area contributed by atoms with Crippen LogP contribution in [0.2, 0.25) is 0 Å². The van der Waals surface area contributed by atoms with Gasteiger partial charge >= 0.3 is 0 Å². The smallest absolute Gasteiger partial charge is 0.275 e. The first-order valence-electron chi connectivity index (χ1n) is 7.98. The van der Waals surface area contributed by atoms with Crippen molar-refractivity contribution in [3.05, 3.63) is 46.8 Å². The number of benzene rings is 1. The zero-order valence-electron chi connectivity index (χ0n) is 14.8. The Hall–Kier alpha value is -3.00. The Kier molecular flexibility index (Phi) is 3.84. The highest BCUT2D eigenvalue weighted by atomic mass is 32.1. The molecule has 3 heterocycles. The van der Waals surface area contributed by atoms with Crippen LogP contribution in [0.25, 0.3) is 26.1 Å². The number of anilines is 1. The Bertz CT molecular complexity index is 1200. The molecule has 8 heteroatoms. The van der Waals surface area contributed by atoms with Crippen LogP contribution in [-0.4, -0.2) is 40.7 Å². The Balaban J connectivity index is 1.99. The maximum Gasteiger partial charge on any atom is 0.275 e. The standard InChI is InChI=1S/C18H17N5O2S/c1-10-7-11(5-6-12(10)25-4)23-9-21-14-13-16(22(2)3)19-8-20-17(13)26-15(14)18(23)24/h5-9H,1-4H3. The fourth-order valence-electron chi connectivity index (χ4n) is 2.98. The van der Waals surface area contributed by atoms with Crippen molar-refractivity contribution in [1.82, 2.24) is 19.5 Å². The van der Waals surface area contributed by atoms with Crippen LogP contribution in [0, 0.1) is 6.92 Å². The number of ether oxygens (including phenoxy) is 1. The maximum absolute atomic E-state index is 13.1. The van der Waals surface area contributed by atoms with E-state index in [0.29, 0.717) is 10.2 Å². The number of aromatic nitrogens is 4. The van der Waals surface area contributed by atoms with E-state index in [9.17, 15) is 4.79 Å². The Morgan fingerprint density at radius 1 is 1.19 bits per heavy atom. The van der Waals surface area contributed by atoms with E-state index in [1.54, 1.807) is 18.0 Å². The summed E-state index contributed by atoms with van der Waals surface area (Å²) >= 11 is 1.34. The van der Waals surface area contributed by atoms with E-state index in [-0.39, 0.29) is 5.56 Å². The summed E-state index contributed by atoms with van der Waals surface area (Å²) < 4.78 is 7.41. The average molecular weight is 367 g/mol. The van der Waals surface area contributed by atoms with Crippen LogP contribution in [0.5, 0.6) is 5.75 Å². The molecule has 4 aromatic rings. The second-order valence-electron chi connectivity index (χ2n) is 6.13. The van der Waals surface area contributed by atoms with E-state index in [0.717, 1.165) is 33.0 Å². The predicted octanol–water partition coefficient (Wildman–Crippen LogP) is 2.77. The monoisotopic (exact) mass is 367 g/mol. The first kappa shape index (κ1) is 16.5. The number of methoxy groups -OCH3 is 1. The Morgan fingerprint density at radius 3 is 2.69 bits per heavy atom. The predicted molar refractivity (Wildman–Crippen MR) is 104 cm³/mol. The van der Waals surface area contributed by atoms with Crippen LogP contribution in [-0.2, 0) is 0 Å². The third kappa shape index (κ3) is 2.41. The SMILES string of the molecule is COc1ccc(-n2cnc3c(sc4ncnc(N(C)C)c43)c2=O)cc1C. The topological polar surface area (TPSA) is 73.1 Å². The molecule has 0 N–H and O–H groups in total. The van der Waals surface area contributed by atoms with Crippen molar-refractivity contribution in [2.45, 2.75) is 6.92 Å². The Morgan fingerprint density at radius 2 is 2.00 bits per heavy atom. The lowest BCUT2D eigenvalue weighted by Crippen LogP contribution is -2.18. The number of hydrogen-bond donors (Lipinski definition) is 0. The molecule has 0 unspecified atom stereocenters. The van der Waals surface area contributed by atoms with Gasteiger partial charge in [0.25, 0.3) is 5.56 Å². The molecule has 26 heavy (non-hydrogen) atoms. The van der Waals surface area contributed by atoms with Gasteiger partial charge in [0.05, 0.1) is 18.2 Å². The van der Waals surface area contributed by atoms with E-state index >= 15 is 0 Å². The zero-order chi connectivity index (χ0) is 18.4. The van der Waals surface area contributed by atoms with Gasteiger partial charge in [-0.05, 0) is 30.7 Å². The molecule has 0 aliphatic rings. The molecule has 0 saturated heterocycles. The lowest BCUT2D eigenvalue weighted by molar-refractivity contribution is 0.411. The van der Waals surface area contributed by atoms with Gasteiger partial charge in [-0.1, -0.05) is 0 Å². The highest BCUT2D eigenvalue weighted by Gasteiger charge is 2.18. The lowest BCUT2D eigenvalue weighted by Gasteiger charge is -2.11. The van der Waals surface area contributed by atoms with Gasteiger partial charge in [0.2, 0.25) is 0 Å². The molecule has 0 bridgehead atoms. The summed E-state index contributed by atoms with van der Waals surface area (Å²) in [5.41, 5.74) is 2.22. The molecule has 0 aliphatic carbocycles. The van der Waals surface area contributed by atoms with Crippen LogP contribution in [0.15, 0.2) is 35.6 Å². The van der Waals surface area contributed by atoms with Gasteiger partial charge in [0, 0.05) is 14.1 Å². The summed E-state index contributed by atoms with van der Waals surface area (Å²) in [6.07, 6.45) is 3.07. The van der Waals surface area contributed by atoms with E-state index < -0.39 is 0 Å². The number of hydrogen-bond acceptors (Lipinski definition) is 7. The molecule has 0 saturated carbocycles. The quantitative estimate of drug-likeness (QED) is 0.554. The summed E-state index contributed by atoms with van der Waals surface area (Å²) in [7, 11) is 5.45. The van der Waals surface area contributed by atoms with Crippen LogP contribution in [0.1, 0.15) is 5.56 Å². The van der Waals surface area contributed by atoms with Crippen molar-refractivity contribution in [3.8, 4) is 11.4 Å². The molecule has 4 rings (SSSR count). The maximum atomic E-state index is 13.1. The molecule has 0 aliphatic heterocycles. The third-order valence-corrected chi connectivity index (χ3v) is 5.31. The second-order valence-corrected chi connectivity index (χ2v) is 7.12. The van der Waals surface area contributed by atoms with Crippen molar-refractivity contribution >= 4 is 37.6 Å². The molecule has 0 fully saturated rings. The number of aryl methyl sites for hydroxylation is 1. The fraction of sp³-hybridized carbons (Fsp3) is 0.222. The third-order valence-electron chi connectivity index (χ3n) is 4.24. The number of thiophene rings is 1. The minimum absolute atomic E-state index is 0.118. The minimum Gasteiger partial charge on any atom is -0.496 e. The van der Waals surface area contributed by atoms with Gasteiger partial charge in [-0.25, -0.2) is 15.0 Å². The van der Waals surface area contributed by atoms with Gasteiger partial charge in [0.15, 0.2) is 0 Å². The number of fused-ring (bicyclic) bond motifs is 3. The molecule has 1 aromatic carbocycles. The molecule has 0 spiro atoms. The normalized spacial score (nSPS) is 11.2. The van der Waals surface area contributed by atoms with E-state index in [1.807, 2.05) is 44.1 Å². The second kappa shape index (κ2) is 6.06. The van der Waals surface area contributed by atoms with Crippen LogP contribution >= 0.6 is 11.3 Å². The Labute approximate surface area is 153 Å². The van der Waals surface area contributed by atoms with Crippen LogP contribution < -0.4 is 15.2 Å². The van der Waals surface area contributed by atoms with E-state index in [1.165, 1.54) is 17.7 Å². The molecule has 0 radical (unpaired) electrons. The lowest BCUT2D eigenvalue weighted by atomic mass is 10.2. The molecule has 132 valence electrons. The average Bonchev–Trinajstić information content (AvgIpc) is 3.01. The van der Waals surface area contributed by atoms with Crippen molar-refractivity contribution in [3.63, 3.8) is 0 Å². The largest absolute Gasteiger partial charge is 0.496 e. The van der Waals surface area contributed by atoms with Crippen LogP contribution in [0.4, 0.5) is 5.82 Å². The number of nitrogens with zero attached hydrogens (tertiary/aromatic N) is 5. The fourth-order valence-corrected chi connectivity index (χ4v) is 4.01. The summed E-state index contributed by atoms with van der Waals surface area (Å²) in [6, 6.07) is 5.60. The molecule has 3 aromatic heterocycles. The molecule has 0 atom stereocenters. The van der Waals surface area contributed by atoms with E-state index in [2.05, 4.69) is 15.0 Å². The van der Waals surface area contributed by atoms with Gasteiger partial charge in [0.1, 0.15) is 39.3 Å². The van der Waals surface area contributed by atoms with Gasteiger partial charge in [-0.3, -0.25) is 9.36 Å². The highest BCUT2D eigenvalue weighted by molar-refractivity contribution is 7.25. The zero-order valence-corrected chi connectivity index (χ0v) is 15.7. The van der Waals surface area contributed by atoms with Crippen molar-refractivity contribution in [2.75, 3.05) is 26.1 Å². The van der Waals surface area contributed by atoms with Crippen molar-refractivity contribution in [2.24, 2.45) is 0 Å². The highest BCUT2D eigenvalue weighted by Crippen LogP contribution is 2.34. The van der Waals surface area contributed by atoms with Gasteiger partial charge in [-0.2, -0.15) is 0 Å². The van der Waals surface area contributed by atoms with Gasteiger partial charge < -0.3 is 9.64 Å². The molecule has 7 nitrogen and oxygen atoms in total. The molecule has 0 amide bonds. The molecular formula is C18H17N5O2S. The summed E-state index contributed by atoms with van der Waals surface area (Å²) in [5, 5.41) is 0.813. The van der Waals surface area contributed by atoms with E-state index in [4.69, 9.17) is 4.74 Å². The van der Waals surface area contributed by atoms with Crippen LogP contribution in [0.3, 0.4) is 0 Å².